The summed E-state index contributed by atoms with van der Waals surface area (Å²) in [6, 6.07) is 40.0. The maximum Gasteiger partial charge on any atom is 0.346 e. The van der Waals surface area contributed by atoms with E-state index in [4.69, 9.17) is 10.4 Å². The summed E-state index contributed by atoms with van der Waals surface area (Å²) in [5.41, 5.74) is 9.08. The number of carbonyl (C=O) groups is 1. The number of nitriles is 1. The molecule has 0 amide bonds. The molecule has 0 radical (unpaired) electrons. The first-order chi connectivity index (χ1) is 20.1. The summed E-state index contributed by atoms with van der Waals surface area (Å²) < 4.78 is 2.40. The SMILES string of the molecule is N#C/C(=C\c1ccc(/C=C/c2cc3cc(-c4ccccc4)c4ccc5c(-c6ccccc6)cc(c2)c3n45)s1)C(=O)O. The van der Waals surface area contributed by atoms with Gasteiger partial charge < -0.3 is 9.51 Å². The number of benzene rings is 3. The second-order valence-electron chi connectivity index (χ2n) is 9.88. The maximum absolute atomic E-state index is 11.2. The molecule has 194 valence electrons. The van der Waals surface area contributed by atoms with Crippen molar-refractivity contribution >= 4 is 62.9 Å². The van der Waals surface area contributed by atoms with E-state index in [2.05, 4.69) is 95.4 Å². The number of carboxylic acids is 1. The fourth-order valence-electron chi connectivity index (χ4n) is 5.53. The first-order valence-corrected chi connectivity index (χ1v) is 14.0. The lowest BCUT2D eigenvalue weighted by Crippen LogP contribution is -1.97. The normalized spacial score (nSPS) is 12.1. The van der Waals surface area contributed by atoms with Crippen LogP contribution in [0, 0.1) is 11.3 Å². The molecule has 4 nitrogen and oxygen atoms in total. The topological polar surface area (TPSA) is 65.5 Å². The molecule has 0 fully saturated rings. The summed E-state index contributed by atoms with van der Waals surface area (Å²) in [6.45, 7) is 0. The number of aromatic nitrogens is 1. The number of hydrogen-bond donors (Lipinski definition) is 1. The van der Waals surface area contributed by atoms with Crippen LogP contribution in [0.3, 0.4) is 0 Å². The van der Waals surface area contributed by atoms with Crippen molar-refractivity contribution in [2.45, 2.75) is 0 Å². The average molecular weight is 547 g/mol. The predicted molar refractivity (Wildman–Crippen MR) is 169 cm³/mol. The highest BCUT2D eigenvalue weighted by molar-refractivity contribution is 7.13. The van der Waals surface area contributed by atoms with E-state index >= 15 is 0 Å². The molecule has 0 bridgehead atoms. The Hall–Kier alpha value is -5.44. The van der Waals surface area contributed by atoms with Gasteiger partial charge in [0.25, 0.3) is 0 Å². The average Bonchev–Trinajstić information content (AvgIpc) is 3.66. The first-order valence-electron chi connectivity index (χ1n) is 13.2. The molecule has 0 atom stereocenters. The molecule has 41 heavy (non-hydrogen) atoms. The van der Waals surface area contributed by atoms with E-state index in [1.807, 2.05) is 30.3 Å². The van der Waals surface area contributed by atoms with Crippen LogP contribution >= 0.6 is 11.3 Å². The fourth-order valence-corrected chi connectivity index (χ4v) is 6.39. The molecule has 0 aliphatic carbocycles. The molecule has 1 N–H and O–H groups in total. The molecule has 4 heterocycles. The van der Waals surface area contributed by atoms with E-state index in [0.29, 0.717) is 0 Å². The Morgan fingerprint density at radius 1 is 0.732 bits per heavy atom. The summed E-state index contributed by atoms with van der Waals surface area (Å²) >= 11 is 1.44. The molecular weight excluding hydrogens is 524 g/mol. The van der Waals surface area contributed by atoms with Crippen LogP contribution < -0.4 is 0 Å². The zero-order chi connectivity index (χ0) is 27.9. The summed E-state index contributed by atoms with van der Waals surface area (Å²) in [6.07, 6.45) is 5.53. The van der Waals surface area contributed by atoms with Gasteiger partial charge in [-0.15, -0.1) is 11.3 Å². The first kappa shape index (κ1) is 24.6. The van der Waals surface area contributed by atoms with Crippen LogP contribution in [-0.4, -0.2) is 15.5 Å². The standard InChI is InChI=1S/C36H22N2O2S/c37-22-28(36(39)40)19-30-14-13-29(41-30)12-11-23-17-26-20-31(24-7-3-1-4-8-24)33-15-16-34-32(25-9-5-2-6-10-25)21-27(18-23)35(26)38(33)34/h1-21H,(H,39,40)/b12-11+,28-19+. The molecule has 3 aromatic carbocycles. The Bertz CT molecular complexity index is 2070. The highest BCUT2D eigenvalue weighted by atomic mass is 32.1. The van der Waals surface area contributed by atoms with Gasteiger partial charge in [-0.25, -0.2) is 4.79 Å². The van der Waals surface area contributed by atoms with Gasteiger partial charge in [0.2, 0.25) is 0 Å². The van der Waals surface area contributed by atoms with Gasteiger partial charge in [-0.1, -0.05) is 66.7 Å². The van der Waals surface area contributed by atoms with Crippen LogP contribution in [0.1, 0.15) is 15.3 Å². The Balaban J connectivity index is 1.41. The molecule has 0 saturated heterocycles. The molecule has 7 aromatic rings. The number of pyridine rings is 2. The van der Waals surface area contributed by atoms with Crippen LogP contribution in [0.5, 0.6) is 0 Å². The number of nitrogens with zero attached hydrogens (tertiary/aromatic N) is 2. The maximum atomic E-state index is 11.2. The Morgan fingerprint density at radius 3 is 1.83 bits per heavy atom. The number of carboxylic acid groups (broad SMARTS) is 1. The zero-order valence-corrected chi connectivity index (χ0v) is 22.6. The van der Waals surface area contributed by atoms with Crippen molar-refractivity contribution in [2.75, 3.05) is 0 Å². The van der Waals surface area contributed by atoms with Crippen molar-refractivity contribution in [3.63, 3.8) is 0 Å². The highest BCUT2D eigenvalue weighted by Gasteiger charge is 2.17. The van der Waals surface area contributed by atoms with Gasteiger partial charge in [0.05, 0.1) is 16.6 Å². The molecular formula is C36H22N2O2S. The minimum absolute atomic E-state index is 0.276. The lowest BCUT2D eigenvalue weighted by Gasteiger charge is -2.17. The van der Waals surface area contributed by atoms with Crippen molar-refractivity contribution in [1.82, 2.24) is 4.40 Å². The van der Waals surface area contributed by atoms with Gasteiger partial charge in [-0.2, -0.15) is 5.26 Å². The van der Waals surface area contributed by atoms with Crippen molar-refractivity contribution in [2.24, 2.45) is 0 Å². The number of aliphatic carboxylic acids is 1. The third-order valence-corrected chi connectivity index (χ3v) is 8.34. The van der Waals surface area contributed by atoms with Crippen molar-refractivity contribution in [1.29, 1.82) is 5.26 Å². The van der Waals surface area contributed by atoms with Crippen LogP contribution in [0.2, 0.25) is 0 Å². The molecule has 0 aliphatic heterocycles. The number of thiophene rings is 1. The lowest BCUT2D eigenvalue weighted by molar-refractivity contribution is -0.132. The highest BCUT2D eigenvalue weighted by Crippen LogP contribution is 2.39. The van der Waals surface area contributed by atoms with Crippen molar-refractivity contribution in [3.8, 4) is 28.3 Å². The van der Waals surface area contributed by atoms with E-state index in [1.54, 1.807) is 6.07 Å². The molecule has 0 aliphatic rings. The van der Waals surface area contributed by atoms with Gasteiger partial charge in [0.15, 0.2) is 0 Å². The minimum Gasteiger partial charge on any atom is -0.477 e. The Kier molecular flexibility index (Phi) is 5.96. The smallest absolute Gasteiger partial charge is 0.346 e. The molecule has 7 rings (SSSR count). The minimum atomic E-state index is -1.22. The number of rotatable bonds is 6. The third kappa shape index (κ3) is 4.37. The second kappa shape index (κ2) is 9.95. The predicted octanol–water partition coefficient (Wildman–Crippen LogP) is 9.24. The molecule has 0 spiro atoms. The van der Waals surface area contributed by atoms with Crippen LogP contribution in [0.15, 0.2) is 115 Å². The fraction of sp³-hybridized carbons (Fsp3) is 0. The summed E-state index contributed by atoms with van der Waals surface area (Å²) in [5.74, 6) is -1.22. The molecule has 0 saturated carbocycles. The third-order valence-electron chi connectivity index (χ3n) is 7.34. The van der Waals surface area contributed by atoms with Crippen molar-refractivity contribution < 1.29 is 9.90 Å². The van der Waals surface area contributed by atoms with E-state index < -0.39 is 5.97 Å². The van der Waals surface area contributed by atoms with Gasteiger partial charge >= 0.3 is 5.97 Å². The van der Waals surface area contributed by atoms with Gasteiger partial charge in [-0.05, 0) is 77.4 Å². The van der Waals surface area contributed by atoms with Gasteiger partial charge in [0.1, 0.15) is 11.6 Å². The van der Waals surface area contributed by atoms with E-state index in [0.717, 1.165) is 26.1 Å². The van der Waals surface area contributed by atoms with Crippen LogP contribution in [0.25, 0.3) is 67.8 Å². The van der Waals surface area contributed by atoms with Crippen LogP contribution in [-0.2, 0) is 4.79 Å². The van der Waals surface area contributed by atoms with E-state index in [9.17, 15) is 4.79 Å². The van der Waals surface area contributed by atoms with Gasteiger partial charge in [-0.3, -0.25) is 0 Å². The van der Waals surface area contributed by atoms with E-state index in [1.165, 1.54) is 56.2 Å². The molecule has 5 heteroatoms. The zero-order valence-electron chi connectivity index (χ0n) is 21.8. The van der Waals surface area contributed by atoms with Gasteiger partial charge in [0, 0.05) is 31.7 Å². The Morgan fingerprint density at radius 2 is 1.29 bits per heavy atom. The van der Waals surface area contributed by atoms with Crippen molar-refractivity contribution in [3.05, 3.63) is 130 Å². The Labute approximate surface area is 240 Å². The summed E-state index contributed by atoms with van der Waals surface area (Å²) in [4.78, 5) is 12.9. The largest absolute Gasteiger partial charge is 0.477 e. The van der Waals surface area contributed by atoms with E-state index in [-0.39, 0.29) is 5.57 Å². The second-order valence-corrected chi connectivity index (χ2v) is 11.0. The monoisotopic (exact) mass is 546 g/mol. The molecule has 0 unspecified atom stereocenters. The number of hydrogen-bond acceptors (Lipinski definition) is 3. The quantitative estimate of drug-likeness (QED) is 0.167. The van der Waals surface area contributed by atoms with Crippen LogP contribution in [0.4, 0.5) is 0 Å². The molecule has 4 aromatic heterocycles. The summed E-state index contributed by atoms with van der Waals surface area (Å²) in [5, 5.41) is 20.6. The summed E-state index contributed by atoms with van der Waals surface area (Å²) in [7, 11) is 0. The lowest BCUT2D eigenvalue weighted by atomic mass is 9.97.